The van der Waals surface area contributed by atoms with Gasteiger partial charge in [0, 0.05) is 13.6 Å². The van der Waals surface area contributed by atoms with Gasteiger partial charge in [-0.05, 0) is 32.1 Å². The average Bonchev–Trinajstić information content (AvgIpc) is 2.31. The van der Waals surface area contributed by atoms with Gasteiger partial charge in [0.15, 0.2) is 0 Å². The Balaban J connectivity index is 2.77. The lowest BCUT2D eigenvalue weighted by Crippen LogP contribution is -2.13. The Kier molecular flexibility index (Phi) is 3.13. The summed E-state index contributed by atoms with van der Waals surface area (Å²) in [7, 11) is 5.99. The highest BCUT2D eigenvalue weighted by atomic mass is 32.2. The van der Waals surface area contributed by atoms with E-state index in [9.17, 15) is 0 Å². The quantitative estimate of drug-likeness (QED) is 0.696. The van der Waals surface area contributed by atoms with E-state index in [0.717, 1.165) is 11.6 Å². The summed E-state index contributed by atoms with van der Waals surface area (Å²) in [6.45, 7) is 0.893. The van der Waals surface area contributed by atoms with Crippen LogP contribution in [0, 0.1) is 0 Å². The minimum absolute atomic E-state index is 0.870. The predicted octanol–water partition coefficient (Wildman–Crippen LogP) is 0.447. The van der Waals surface area contributed by atoms with Gasteiger partial charge in [-0.25, -0.2) is 0 Å². The van der Waals surface area contributed by atoms with Crippen LogP contribution in [0.5, 0.6) is 0 Å². The number of nitrogens with zero attached hydrogens (tertiary/aromatic N) is 3. The minimum Gasteiger partial charge on any atom is -0.304 e. The molecule has 0 spiro atoms. The lowest BCUT2D eigenvalue weighted by atomic mass is 10.4. The molecule has 1 rings (SSSR count). The monoisotopic (exact) mass is 186 g/mol. The van der Waals surface area contributed by atoms with Crippen molar-refractivity contribution in [2.45, 2.75) is 11.6 Å². The molecular weight excluding hydrogens is 172 g/mol. The third kappa shape index (κ3) is 2.23. The van der Waals surface area contributed by atoms with Crippen molar-refractivity contribution in [3.8, 4) is 0 Å². The van der Waals surface area contributed by atoms with Crippen molar-refractivity contribution in [1.82, 2.24) is 14.7 Å². The van der Waals surface area contributed by atoms with Gasteiger partial charge >= 0.3 is 0 Å². The van der Waals surface area contributed by atoms with Gasteiger partial charge in [-0.2, -0.15) is 5.10 Å². The summed E-state index contributed by atoms with van der Waals surface area (Å²) in [5.41, 5.74) is 1.17. The van der Waals surface area contributed by atoms with Crippen LogP contribution in [-0.2, 0) is 13.6 Å². The normalized spacial score (nSPS) is 11.1. The maximum absolute atomic E-state index is 5.39. The van der Waals surface area contributed by atoms with Gasteiger partial charge in [0.05, 0.1) is 5.69 Å². The predicted molar refractivity (Wildman–Crippen MR) is 50.6 cm³/mol. The molecule has 0 saturated heterocycles. The molecule has 0 aliphatic carbocycles. The van der Waals surface area contributed by atoms with Gasteiger partial charge in [0.1, 0.15) is 5.03 Å². The first-order chi connectivity index (χ1) is 5.63. The minimum atomic E-state index is 0.870. The van der Waals surface area contributed by atoms with Crippen LogP contribution in [-0.4, -0.2) is 28.8 Å². The van der Waals surface area contributed by atoms with Crippen LogP contribution in [0.1, 0.15) is 5.69 Å². The highest BCUT2D eigenvalue weighted by molar-refractivity contribution is 7.97. The SMILES string of the molecule is CN(C)Cc1cc(SN)nn1C. The number of aromatic nitrogens is 2. The van der Waals surface area contributed by atoms with Crippen LogP contribution < -0.4 is 5.14 Å². The second-order valence-corrected chi connectivity index (χ2v) is 3.61. The molecule has 2 N–H and O–H groups in total. The van der Waals surface area contributed by atoms with E-state index in [1.165, 1.54) is 17.6 Å². The van der Waals surface area contributed by atoms with E-state index < -0.39 is 0 Å². The Hall–Kier alpha value is -0.520. The summed E-state index contributed by atoms with van der Waals surface area (Å²) in [6, 6.07) is 2.00. The summed E-state index contributed by atoms with van der Waals surface area (Å²) in [5.74, 6) is 0. The zero-order valence-corrected chi connectivity index (χ0v) is 8.43. The molecule has 0 atom stereocenters. The Morgan fingerprint density at radius 2 is 2.33 bits per heavy atom. The maximum atomic E-state index is 5.39. The first-order valence-electron chi connectivity index (χ1n) is 3.68. The van der Waals surface area contributed by atoms with Crippen molar-refractivity contribution in [2.75, 3.05) is 14.1 Å². The van der Waals surface area contributed by atoms with Crippen LogP contribution in [0.2, 0.25) is 0 Å². The molecule has 1 aromatic rings. The lowest BCUT2D eigenvalue weighted by molar-refractivity contribution is 0.387. The van der Waals surface area contributed by atoms with Crippen LogP contribution >= 0.6 is 11.9 Å². The van der Waals surface area contributed by atoms with Crippen molar-refractivity contribution in [3.63, 3.8) is 0 Å². The molecule has 68 valence electrons. The smallest absolute Gasteiger partial charge is 0.133 e. The van der Waals surface area contributed by atoms with Crippen LogP contribution in [0.4, 0.5) is 0 Å². The highest BCUT2D eigenvalue weighted by Crippen LogP contribution is 2.11. The molecule has 0 bridgehead atoms. The van der Waals surface area contributed by atoms with Crippen LogP contribution in [0.15, 0.2) is 11.1 Å². The number of hydrogen-bond acceptors (Lipinski definition) is 4. The van der Waals surface area contributed by atoms with E-state index >= 15 is 0 Å². The van der Waals surface area contributed by atoms with E-state index in [1.54, 1.807) is 0 Å². The molecule has 1 heterocycles. The Morgan fingerprint density at radius 3 is 2.75 bits per heavy atom. The third-order valence-electron chi connectivity index (χ3n) is 1.55. The number of nitrogens with two attached hydrogens (primary N) is 1. The molecule has 0 amide bonds. The Bertz CT molecular complexity index is 256. The number of rotatable bonds is 3. The first kappa shape index (κ1) is 9.57. The third-order valence-corrected chi connectivity index (χ3v) is 1.99. The van der Waals surface area contributed by atoms with Crippen LogP contribution in [0.25, 0.3) is 0 Å². The number of hydrogen-bond donors (Lipinski definition) is 1. The fraction of sp³-hybridized carbons (Fsp3) is 0.571. The van der Waals surface area contributed by atoms with E-state index in [4.69, 9.17) is 5.14 Å². The lowest BCUT2D eigenvalue weighted by Gasteiger charge is -2.08. The van der Waals surface area contributed by atoms with E-state index in [-0.39, 0.29) is 0 Å². The summed E-state index contributed by atoms with van der Waals surface area (Å²) in [6.07, 6.45) is 0. The fourth-order valence-electron chi connectivity index (χ4n) is 1.01. The van der Waals surface area contributed by atoms with E-state index in [0.29, 0.717) is 0 Å². The molecule has 0 aromatic carbocycles. The standard InChI is InChI=1S/C7H14N4S/c1-10(2)5-6-4-7(12-8)9-11(6)3/h4H,5,8H2,1-3H3. The molecular formula is C7H14N4S. The van der Waals surface area contributed by atoms with E-state index in [2.05, 4.69) is 10.00 Å². The average molecular weight is 186 g/mol. The Labute approximate surface area is 76.9 Å². The second-order valence-electron chi connectivity index (χ2n) is 2.95. The van der Waals surface area contributed by atoms with Crippen molar-refractivity contribution in [2.24, 2.45) is 12.2 Å². The molecule has 0 aliphatic heterocycles. The maximum Gasteiger partial charge on any atom is 0.133 e. The molecule has 4 nitrogen and oxygen atoms in total. The highest BCUT2D eigenvalue weighted by Gasteiger charge is 2.04. The summed E-state index contributed by atoms with van der Waals surface area (Å²) in [5, 5.41) is 10.5. The zero-order chi connectivity index (χ0) is 9.14. The molecule has 5 heteroatoms. The molecule has 1 aromatic heterocycles. The van der Waals surface area contributed by atoms with Gasteiger partial charge in [0.2, 0.25) is 0 Å². The summed E-state index contributed by atoms with van der Waals surface area (Å²) in [4.78, 5) is 2.10. The van der Waals surface area contributed by atoms with Gasteiger partial charge in [-0.1, -0.05) is 0 Å². The fourth-order valence-corrected chi connectivity index (χ4v) is 1.38. The van der Waals surface area contributed by atoms with Crippen molar-refractivity contribution >= 4 is 11.9 Å². The summed E-state index contributed by atoms with van der Waals surface area (Å²) >= 11 is 1.18. The van der Waals surface area contributed by atoms with Crippen molar-refractivity contribution < 1.29 is 0 Å². The number of aryl methyl sites for hydroxylation is 1. The Morgan fingerprint density at radius 1 is 1.67 bits per heavy atom. The van der Waals surface area contributed by atoms with Gasteiger partial charge in [-0.15, -0.1) is 0 Å². The van der Waals surface area contributed by atoms with Crippen molar-refractivity contribution in [3.05, 3.63) is 11.8 Å². The molecule has 0 fully saturated rings. The molecule has 0 aliphatic rings. The molecule has 0 saturated carbocycles. The van der Waals surface area contributed by atoms with E-state index in [1.807, 2.05) is 31.9 Å². The largest absolute Gasteiger partial charge is 0.304 e. The first-order valence-corrected chi connectivity index (χ1v) is 4.56. The second kappa shape index (κ2) is 3.93. The zero-order valence-electron chi connectivity index (χ0n) is 7.61. The van der Waals surface area contributed by atoms with Gasteiger partial charge in [-0.3, -0.25) is 9.82 Å². The molecule has 0 radical (unpaired) electrons. The summed E-state index contributed by atoms with van der Waals surface area (Å²) < 4.78 is 1.86. The van der Waals surface area contributed by atoms with Gasteiger partial charge in [0.25, 0.3) is 0 Å². The molecule has 0 unspecified atom stereocenters. The van der Waals surface area contributed by atoms with Crippen LogP contribution in [0.3, 0.4) is 0 Å². The molecule has 12 heavy (non-hydrogen) atoms. The topological polar surface area (TPSA) is 47.1 Å². The van der Waals surface area contributed by atoms with Gasteiger partial charge < -0.3 is 4.90 Å². The van der Waals surface area contributed by atoms with Crippen molar-refractivity contribution in [1.29, 1.82) is 0 Å².